The molecule has 3 heterocycles. The van der Waals surface area contributed by atoms with E-state index >= 15 is 0 Å². The first kappa shape index (κ1) is 18.5. The zero-order chi connectivity index (χ0) is 19.7. The molecule has 1 aromatic carbocycles. The van der Waals surface area contributed by atoms with Crippen LogP contribution in [0.2, 0.25) is 0 Å². The highest BCUT2D eigenvalue weighted by Gasteiger charge is 2.30. The fourth-order valence-electron chi connectivity index (χ4n) is 3.07. The average Bonchev–Trinajstić information content (AvgIpc) is 3.22. The van der Waals surface area contributed by atoms with E-state index in [-0.39, 0.29) is 18.0 Å². The maximum atomic E-state index is 13.2. The lowest BCUT2D eigenvalue weighted by molar-refractivity contribution is 0.316. The van der Waals surface area contributed by atoms with Crippen molar-refractivity contribution in [2.24, 2.45) is 0 Å². The van der Waals surface area contributed by atoms with E-state index in [1.807, 2.05) is 18.4 Å². The Bertz CT molecular complexity index is 1160. The van der Waals surface area contributed by atoms with E-state index in [9.17, 15) is 8.42 Å². The average molecular weight is 412 g/mol. The fourth-order valence-corrected chi connectivity index (χ4v) is 5.17. The Morgan fingerprint density at radius 2 is 2.11 bits per heavy atom. The van der Waals surface area contributed by atoms with Gasteiger partial charge in [0.15, 0.2) is 0 Å². The van der Waals surface area contributed by atoms with Crippen LogP contribution >= 0.6 is 11.3 Å². The first-order chi connectivity index (χ1) is 13.5. The number of ether oxygens (including phenoxy) is 1. The van der Waals surface area contributed by atoms with Crippen LogP contribution in [0.1, 0.15) is 17.5 Å². The number of benzene rings is 1. The van der Waals surface area contributed by atoms with Crippen LogP contribution < -0.4 is 9.04 Å². The second kappa shape index (κ2) is 7.26. The van der Waals surface area contributed by atoms with Crippen LogP contribution in [0.3, 0.4) is 0 Å². The molecular formula is C20H17N3O3S2. The van der Waals surface area contributed by atoms with Crippen molar-refractivity contribution >= 4 is 27.0 Å². The van der Waals surface area contributed by atoms with Crippen molar-refractivity contribution in [3.63, 3.8) is 0 Å². The number of aromatic nitrogens is 1. The molecule has 28 heavy (non-hydrogen) atoms. The summed E-state index contributed by atoms with van der Waals surface area (Å²) in [6.45, 7) is 2.48. The molecule has 142 valence electrons. The lowest BCUT2D eigenvalue weighted by Gasteiger charge is -2.30. The Balaban J connectivity index is 1.76. The summed E-state index contributed by atoms with van der Waals surface area (Å²) in [7, 11) is -3.76. The van der Waals surface area contributed by atoms with E-state index < -0.39 is 10.0 Å². The van der Waals surface area contributed by atoms with Gasteiger partial charge in [0.1, 0.15) is 28.2 Å². The SMILES string of the molecule is CCc1ccc(S(=O)(=O)N2CCOc3ccc(-c4csc(C#N)c4)cc32)cn1. The van der Waals surface area contributed by atoms with Crippen molar-refractivity contribution < 1.29 is 13.2 Å². The van der Waals surface area contributed by atoms with Gasteiger partial charge in [0.2, 0.25) is 0 Å². The van der Waals surface area contributed by atoms with Crippen molar-refractivity contribution in [1.82, 2.24) is 4.98 Å². The van der Waals surface area contributed by atoms with E-state index in [4.69, 9.17) is 10.00 Å². The number of pyridine rings is 1. The molecule has 3 aromatic rings. The second-order valence-electron chi connectivity index (χ2n) is 6.26. The number of thiophene rings is 1. The highest BCUT2D eigenvalue weighted by molar-refractivity contribution is 7.92. The third-order valence-corrected chi connectivity index (χ3v) is 7.20. The summed E-state index contributed by atoms with van der Waals surface area (Å²) in [5.41, 5.74) is 3.05. The van der Waals surface area contributed by atoms with Crippen molar-refractivity contribution in [2.45, 2.75) is 18.2 Å². The maximum absolute atomic E-state index is 13.2. The number of hydrogen-bond acceptors (Lipinski definition) is 6. The Hall–Kier alpha value is -2.89. The van der Waals surface area contributed by atoms with Gasteiger partial charge in [-0.1, -0.05) is 13.0 Å². The van der Waals surface area contributed by atoms with Crippen LogP contribution in [0.4, 0.5) is 5.69 Å². The van der Waals surface area contributed by atoms with Gasteiger partial charge in [-0.05, 0) is 53.3 Å². The summed E-state index contributed by atoms with van der Waals surface area (Å²) in [5.74, 6) is 0.521. The van der Waals surface area contributed by atoms with Crippen LogP contribution in [-0.2, 0) is 16.4 Å². The molecule has 0 N–H and O–H groups in total. The number of nitrogens with zero attached hydrogens (tertiary/aromatic N) is 3. The van der Waals surface area contributed by atoms with Crippen molar-refractivity contribution in [2.75, 3.05) is 17.5 Å². The maximum Gasteiger partial charge on any atom is 0.266 e. The third kappa shape index (κ3) is 3.23. The minimum Gasteiger partial charge on any atom is -0.489 e. The largest absolute Gasteiger partial charge is 0.489 e. The summed E-state index contributed by atoms with van der Waals surface area (Å²) in [6.07, 6.45) is 2.15. The Morgan fingerprint density at radius 3 is 2.79 bits per heavy atom. The lowest BCUT2D eigenvalue weighted by Crippen LogP contribution is -2.38. The molecule has 0 bridgehead atoms. The highest BCUT2D eigenvalue weighted by Crippen LogP contribution is 2.39. The topological polar surface area (TPSA) is 83.3 Å². The van der Waals surface area contributed by atoms with Gasteiger partial charge >= 0.3 is 0 Å². The Kier molecular flexibility index (Phi) is 4.79. The predicted octanol–water partition coefficient (Wildman–Crippen LogP) is 3.83. The van der Waals surface area contributed by atoms with Crippen LogP contribution in [0.25, 0.3) is 11.1 Å². The molecule has 0 amide bonds. The van der Waals surface area contributed by atoms with Gasteiger partial charge in [-0.2, -0.15) is 5.26 Å². The third-order valence-electron chi connectivity index (χ3n) is 4.57. The van der Waals surface area contributed by atoms with Crippen LogP contribution in [0.5, 0.6) is 5.75 Å². The number of rotatable bonds is 4. The van der Waals surface area contributed by atoms with Crippen molar-refractivity contribution in [3.8, 4) is 22.9 Å². The first-order valence-corrected chi connectivity index (χ1v) is 11.1. The number of fused-ring (bicyclic) bond motifs is 1. The molecule has 1 aliphatic rings. The minimum atomic E-state index is -3.76. The van der Waals surface area contributed by atoms with E-state index in [1.54, 1.807) is 30.3 Å². The molecule has 0 saturated heterocycles. The number of hydrogen-bond donors (Lipinski definition) is 0. The normalized spacial score (nSPS) is 13.5. The monoisotopic (exact) mass is 411 g/mol. The Morgan fingerprint density at radius 1 is 1.25 bits per heavy atom. The smallest absolute Gasteiger partial charge is 0.266 e. The molecule has 0 atom stereocenters. The molecule has 0 radical (unpaired) electrons. The zero-order valence-corrected chi connectivity index (χ0v) is 16.8. The number of anilines is 1. The molecule has 1 aliphatic heterocycles. The van der Waals surface area contributed by atoms with E-state index in [0.29, 0.717) is 16.3 Å². The van der Waals surface area contributed by atoms with Gasteiger partial charge in [0, 0.05) is 11.9 Å². The molecule has 2 aromatic heterocycles. The summed E-state index contributed by atoms with van der Waals surface area (Å²) >= 11 is 1.36. The van der Waals surface area contributed by atoms with Crippen LogP contribution in [-0.4, -0.2) is 26.6 Å². The molecule has 0 unspecified atom stereocenters. The van der Waals surface area contributed by atoms with Gasteiger partial charge in [0.05, 0.1) is 12.2 Å². The fraction of sp³-hybridized carbons (Fsp3) is 0.200. The van der Waals surface area contributed by atoms with Gasteiger partial charge in [-0.25, -0.2) is 8.42 Å². The van der Waals surface area contributed by atoms with E-state index in [0.717, 1.165) is 23.2 Å². The lowest BCUT2D eigenvalue weighted by atomic mass is 10.1. The molecular weight excluding hydrogens is 394 g/mol. The minimum absolute atomic E-state index is 0.158. The zero-order valence-electron chi connectivity index (χ0n) is 15.1. The Labute approximate surface area is 167 Å². The van der Waals surface area contributed by atoms with Crippen LogP contribution in [0.15, 0.2) is 52.9 Å². The van der Waals surface area contributed by atoms with Crippen molar-refractivity contribution in [1.29, 1.82) is 5.26 Å². The molecule has 0 aliphatic carbocycles. The number of aryl methyl sites for hydroxylation is 1. The molecule has 0 spiro atoms. The van der Waals surface area contributed by atoms with Gasteiger partial charge < -0.3 is 4.74 Å². The standard InChI is InChI=1S/C20H17N3O3S2/c1-2-16-4-5-18(12-22-16)28(24,25)23-7-8-26-20-6-3-14(10-19(20)23)15-9-17(11-21)27-13-15/h3-6,9-10,12-13H,2,7-8H2,1H3. The quantitative estimate of drug-likeness (QED) is 0.651. The van der Waals surface area contributed by atoms with Gasteiger partial charge in [0.25, 0.3) is 10.0 Å². The molecule has 0 fully saturated rings. The summed E-state index contributed by atoms with van der Waals surface area (Å²) in [6, 6.07) is 12.7. The van der Waals surface area contributed by atoms with E-state index in [2.05, 4.69) is 11.1 Å². The van der Waals surface area contributed by atoms with Gasteiger partial charge in [-0.15, -0.1) is 11.3 Å². The summed E-state index contributed by atoms with van der Waals surface area (Å²) in [5, 5.41) is 10.9. The molecule has 8 heteroatoms. The molecule has 6 nitrogen and oxygen atoms in total. The van der Waals surface area contributed by atoms with Gasteiger partial charge in [-0.3, -0.25) is 9.29 Å². The molecule has 4 rings (SSSR count). The highest BCUT2D eigenvalue weighted by atomic mass is 32.2. The van der Waals surface area contributed by atoms with E-state index in [1.165, 1.54) is 21.8 Å². The molecule has 0 saturated carbocycles. The first-order valence-electron chi connectivity index (χ1n) is 8.76. The number of sulfonamides is 1. The summed E-state index contributed by atoms with van der Waals surface area (Å²) < 4.78 is 33.5. The second-order valence-corrected chi connectivity index (χ2v) is 9.03. The van der Waals surface area contributed by atoms with Crippen molar-refractivity contribution in [3.05, 3.63) is 58.5 Å². The number of nitriles is 1. The predicted molar refractivity (Wildman–Crippen MR) is 108 cm³/mol. The summed E-state index contributed by atoms with van der Waals surface area (Å²) in [4.78, 5) is 4.99. The van der Waals surface area contributed by atoms with Crippen LogP contribution in [0, 0.1) is 11.3 Å².